The highest BCUT2D eigenvalue weighted by Gasteiger charge is 2.35. The molecule has 2 rings (SSSR count). The SMILES string of the molecule is CCCNC(=O)C1CC(=O)N(c2ccccc2Cl)C1. The van der Waals surface area contributed by atoms with Crippen LogP contribution in [0.1, 0.15) is 19.8 Å². The second-order valence-electron chi connectivity index (χ2n) is 4.65. The summed E-state index contributed by atoms with van der Waals surface area (Å²) in [6, 6.07) is 7.19. The van der Waals surface area contributed by atoms with Crippen molar-refractivity contribution < 1.29 is 9.59 Å². The number of benzene rings is 1. The highest BCUT2D eigenvalue weighted by atomic mass is 35.5. The van der Waals surface area contributed by atoms with E-state index in [2.05, 4.69) is 5.32 Å². The van der Waals surface area contributed by atoms with Gasteiger partial charge in [0.1, 0.15) is 0 Å². The van der Waals surface area contributed by atoms with Crippen LogP contribution in [0.5, 0.6) is 0 Å². The third-order valence-corrected chi connectivity index (χ3v) is 3.51. The molecule has 1 unspecified atom stereocenters. The minimum atomic E-state index is -0.282. The average Bonchev–Trinajstić information content (AvgIpc) is 2.78. The molecule has 1 aliphatic heterocycles. The van der Waals surface area contributed by atoms with Crippen molar-refractivity contribution >= 4 is 29.1 Å². The van der Waals surface area contributed by atoms with Crippen LogP contribution in [0.2, 0.25) is 5.02 Å². The lowest BCUT2D eigenvalue weighted by Gasteiger charge is -2.17. The lowest BCUT2D eigenvalue weighted by molar-refractivity contribution is -0.126. The van der Waals surface area contributed by atoms with Crippen molar-refractivity contribution in [1.82, 2.24) is 5.32 Å². The van der Waals surface area contributed by atoms with Gasteiger partial charge in [0.15, 0.2) is 0 Å². The summed E-state index contributed by atoms with van der Waals surface area (Å²) < 4.78 is 0. The minimum absolute atomic E-state index is 0.0512. The van der Waals surface area contributed by atoms with Gasteiger partial charge in [-0.15, -0.1) is 0 Å². The Hall–Kier alpha value is -1.55. The van der Waals surface area contributed by atoms with E-state index in [1.807, 2.05) is 19.1 Å². The van der Waals surface area contributed by atoms with Gasteiger partial charge in [-0.2, -0.15) is 0 Å². The van der Waals surface area contributed by atoms with Gasteiger partial charge in [-0.3, -0.25) is 9.59 Å². The maximum absolute atomic E-state index is 12.0. The zero-order valence-corrected chi connectivity index (χ0v) is 11.6. The molecule has 0 spiro atoms. The Morgan fingerprint density at radius 1 is 1.47 bits per heavy atom. The summed E-state index contributed by atoms with van der Waals surface area (Å²) in [5.41, 5.74) is 0.681. The summed E-state index contributed by atoms with van der Waals surface area (Å²) >= 11 is 6.09. The van der Waals surface area contributed by atoms with Crippen LogP contribution in [0.25, 0.3) is 0 Å². The summed E-state index contributed by atoms with van der Waals surface area (Å²) in [7, 11) is 0. The molecule has 1 fully saturated rings. The molecule has 1 aromatic carbocycles. The van der Waals surface area contributed by atoms with Gasteiger partial charge in [-0.05, 0) is 18.6 Å². The fourth-order valence-electron chi connectivity index (χ4n) is 2.18. The van der Waals surface area contributed by atoms with Gasteiger partial charge in [-0.25, -0.2) is 0 Å². The standard InChI is InChI=1S/C14H17ClN2O2/c1-2-7-16-14(19)10-8-13(18)17(9-10)12-6-4-3-5-11(12)15/h3-6,10H,2,7-9H2,1H3,(H,16,19). The van der Waals surface area contributed by atoms with Crippen LogP contribution in [-0.2, 0) is 9.59 Å². The monoisotopic (exact) mass is 280 g/mol. The quantitative estimate of drug-likeness (QED) is 0.919. The largest absolute Gasteiger partial charge is 0.356 e. The first-order valence-corrected chi connectivity index (χ1v) is 6.84. The third-order valence-electron chi connectivity index (χ3n) is 3.19. The predicted molar refractivity (Wildman–Crippen MR) is 75.2 cm³/mol. The zero-order chi connectivity index (χ0) is 13.8. The van der Waals surface area contributed by atoms with E-state index >= 15 is 0 Å². The van der Waals surface area contributed by atoms with Crippen LogP contribution in [0, 0.1) is 5.92 Å². The molecule has 1 aromatic rings. The molecule has 1 N–H and O–H groups in total. The number of hydrogen-bond donors (Lipinski definition) is 1. The molecule has 5 heteroatoms. The second-order valence-corrected chi connectivity index (χ2v) is 5.06. The van der Waals surface area contributed by atoms with E-state index in [1.165, 1.54) is 0 Å². The fourth-order valence-corrected chi connectivity index (χ4v) is 2.42. The van der Waals surface area contributed by atoms with Crippen LogP contribution < -0.4 is 10.2 Å². The summed E-state index contributed by atoms with van der Waals surface area (Å²) in [6.07, 6.45) is 1.14. The number of carbonyl (C=O) groups is 2. The first-order valence-electron chi connectivity index (χ1n) is 6.46. The number of anilines is 1. The van der Waals surface area contributed by atoms with E-state index in [4.69, 9.17) is 11.6 Å². The number of amides is 2. The Morgan fingerprint density at radius 2 is 2.21 bits per heavy atom. The zero-order valence-electron chi connectivity index (χ0n) is 10.9. The molecule has 0 aromatic heterocycles. The van der Waals surface area contributed by atoms with Crippen molar-refractivity contribution in [2.75, 3.05) is 18.0 Å². The number of nitrogens with zero attached hydrogens (tertiary/aromatic N) is 1. The Balaban J connectivity index is 2.08. The maximum Gasteiger partial charge on any atom is 0.227 e. The molecule has 19 heavy (non-hydrogen) atoms. The molecule has 0 radical (unpaired) electrons. The molecule has 0 aliphatic carbocycles. The lowest BCUT2D eigenvalue weighted by atomic mass is 10.1. The summed E-state index contributed by atoms with van der Waals surface area (Å²) in [6.45, 7) is 3.05. The van der Waals surface area contributed by atoms with Crippen LogP contribution in [0.15, 0.2) is 24.3 Å². The molecule has 0 saturated carbocycles. The topological polar surface area (TPSA) is 49.4 Å². The van der Waals surface area contributed by atoms with Crippen molar-refractivity contribution in [3.63, 3.8) is 0 Å². The first kappa shape index (κ1) is 13.9. The van der Waals surface area contributed by atoms with Gasteiger partial charge >= 0.3 is 0 Å². The van der Waals surface area contributed by atoms with Crippen LogP contribution >= 0.6 is 11.6 Å². The van der Waals surface area contributed by atoms with Crippen molar-refractivity contribution in [3.05, 3.63) is 29.3 Å². The lowest BCUT2D eigenvalue weighted by Crippen LogP contribution is -2.33. The van der Waals surface area contributed by atoms with Gasteiger partial charge < -0.3 is 10.2 Å². The first-order chi connectivity index (χ1) is 9.13. The van der Waals surface area contributed by atoms with Gasteiger partial charge in [0.2, 0.25) is 11.8 Å². The molecule has 1 atom stereocenters. The molecule has 4 nitrogen and oxygen atoms in total. The van der Waals surface area contributed by atoms with E-state index in [9.17, 15) is 9.59 Å². The van der Waals surface area contributed by atoms with Crippen molar-refractivity contribution in [2.24, 2.45) is 5.92 Å². The third kappa shape index (κ3) is 3.07. The predicted octanol–water partition coefficient (Wildman–Crippen LogP) is 2.22. The Bertz CT molecular complexity index is 490. The van der Waals surface area contributed by atoms with E-state index in [1.54, 1.807) is 17.0 Å². The summed E-state index contributed by atoms with van der Waals surface area (Å²) in [5.74, 6) is -0.384. The smallest absolute Gasteiger partial charge is 0.227 e. The molecular formula is C14H17ClN2O2. The van der Waals surface area contributed by atoms with Crippen molar-refractivity contribution in [1.29, 1.82) is 0 Å². The van der Waals surface area contributed by atoms with E-state index in [0.29, 0.717) is 23.8 Å². The summed E-state index contributed by atoms with van der Waals surface area (Å²) in [5, 5.41) is 3.36. The number of para-hydroxylation sites is 1. The van der Waals surface area contributed by atoms with Gasteiger partial charge in [0.25, 0.3) is 0 Å². The number of halogens is 1. The van der Waals surface area contributed by atoms with Crippen molar-refractivity contribution in [3.8, 4) is 0 Å². The van der Waals surface area contributed by atoms with E-state index in [-0.39, 0.29) is 24.2 Å². The van der Waals surface area contributed by atoms with Crippen LogP contribution in [0.3, 0.4) is 0 Å². The highest BCUT2D eigenvalue weighted by molar-refractivity contribution is 6.33. The highest BCUT2D eigenvalue weighted by Crippen LogP contribution is 2.30. The van der Waals surface area contributed by atoms with E-state index < -0.39 is 0 Å². The number of hydrogen-bond acceptors (Lipinski definition) is 2. The summed E-state index contributed by atoms with van der Waals surface area (Å²) in [4.78, 5) is 25.5. The Morgan fingerprint density at radius 3 is 2.89 bits per heavy atom. The number of carbonyl (C=O) groups excluding carboxylic acids is 2. The molecule has 1 saturated heterocycles. The Labute approximate surface area is 117 Å². The van der Waals surface area contributed by atoms with Crippen LogP contribution in [0.4, 0.5) is 5.69 Å². The molecule has 0 bridgehead atoms. The molecular weight excluding hydrogens is 264 g/mol. The second kappa shape index (κ2) is 6.06. The molecule has 2 amide bonds. The number of rotatable bonds is 4. The average molecular weight is 281 g/mol. The minimum Gasteiger partial charge on any atom is -0.356 e. The molecule has 1 aliphatic rings. The van der Waals surface area contributed by atoms with Gasteiger partial charge in [0, 0.05) is 19.5 Å². The normalized spacial score (nSPS) is 18.7. The van der Waals surface area contributed by atoms with Crippen LogP contribution in [-0.4, -0.2) is 24.9 Å². The molecule has 102 valence electrons. The maximum atomic E-state index is 12.0. The Kier molecular flexibility index (Phi) is 4.43. The fraction of sp³-hybridized carbons (Fsp3) is 0.429. The van der Waals surface area contributed by atoms with Crippen molar-refractivity contribution in [2.45, 2.75) is 19.8 Å². The van der Waals surface area contributed by atoms with Gasteiger partial charge in [-0.1, -0.05) is 30.7 Å². The number of nitrogens with one attached hydrogen (secondary N) is 1. The van der Waals surface area contributed by atoms with E-state index in [0.717, 1.165) is 6.42 Å². The van der Waals surface area contributed by atoms with Gasteiger partial charge in [0.05, 0.1) is 16.6 Å². The molecule has 1 heterocycles.